The van der Waals surface area contributed by atoms with Crippen LogP contribution >= 0.6 is 11.6 Å². The smallest absolute Gasteiger partial charge is 0.210 e. The van der Waals surface area contributed by atoms with Crippen molar-refractivity contribution >= 4 is 11.6 Å². The highest BCUT2D eigenvalue weighted by molar-refractivity contribution is 6.29. The van der Waals surface area contributed by atoms with E-state index < -0.39 is 0 Å². The summed E-state index contributed by atoms with van der Waals surface area (Å²) in [5.41, 5.74) is 8.25. The monoisotopic (exact) mass is 509 g/mol. The Kier molecular flexibility index (Phi) is 9.53. The molecule has 0 bridgehead atoms. The molecule has 0 fully saturated rings. The van der Waals surface area contributed by atoms with Crippen LogP contribution in [0.25, 0.3) is 0 Å². The molecule has 35 heavy (non-hydrogen) atoms. The number of hydroxylamine groups is 1. The Labute approximate surface area is 213 Å². The van der Waals surface area contributed by atoms with Gasteiger partial charge >= 0.3 is 0 Å². The van der Waals surface area contributed by atoms with Crippen LogP contribution in [0.1, 0.15) is 64.7 Å². The minimum Gasteiger partial charge on any atom is -0.481 e. The first-order valence-corrected chi connectivity index (χ1v) is 13.4. The molecule has 0 saturated carbocycles. The number of nitrogens with one attached hydrogen (secondary N) is 5. The molecule has 196 valence electrons. The average Bonchev–Trinajstić information content (AvgIpc) is 2.88. The predicted molar refractivity (Wildman–Crippen MR) is 138 cm³/mol. The standard InChI is InChI=1S/C26H41ClFN5O2/c1-4-6-19(26(34-2)33-35-3)16-8-11-23-20(13-16)25(30-18-9-10-22(28)21(27)14-18)32-24(31-23)17-7-5-12-29-15-17/h7,16,18,24-25,29-33H,4-6,8-15H2,1-3H3/b26-19-/t16?,18-,24-,25-/m0/s1. The second kappa shape index (κ2) is 12.6. The molecule has 0 radical (unpaired) electrons. The van der Waals surface area contributed by atoms with E-state index in [0.717, 1.165) is 63.9 Å². The fourth-order valence-corrected chi connectivity index (χ4v) is 6.07. The van der Waals surface area contributed by atoms with Crippen molar-refractivity contribution in [1.82, 2.24) is 26.7 Å². The van der Waals surface area contributed by atoms with Crippen LogP contribution in [0.4, 0.5) is 4.39 Å². The summed E-state index contributed by atoms with van der Waals surface area (Å²) in [4.78, 5) is 5.20. The SMILES string of the molecule is CCC/C(=C(\NOC)OC)C1CCC2=C(C1)[C@@H](N[C@H]1CCC(F)=C(Cl)C1)N[C@@H](C1=CCCNC1)N2. The van der Waals surface area contributed by atoms with Crippen molar-refractivity contribution in [2.75, 3.05) is 27.3 Å². The van der Waals surface area contributed by atoms with Crippen LogP contribution in [0, 0.1) is 5.92 Å². The lowest BCUT2D eigenvalue weighted by Gasteiger charge is -2.44. The Hall–Kier alpha value is -1.58. The van der Waals surface area contributed by atoms with Crippen molar-refractivity contribution in [2.24, 2.45) is 5.92 Å². The van der Waals surface area contributed by atoms with E-state index in [1.54, 1.807) is 14.2 Å². The van der Waals surface area contributed by atoms with E-state index in [4.69, 9.17) is 21.2 Å². The van der Waals surface area contributed by atoms with Crippen molar-refractivity contribution in [3.05, 3.63) is 45.2 Å². The number of rotatable bonds is 9. The molecule has 2 heterocycles. The van der Waals surface area contributed by atoms with Crippen molar-refractivity contribution in [2.45, 2.75) is 83.1 Å². The van der Waals surface area contributed by atoms with E-state index in [1.165, 1.54) is 22.4 Å². The molecule has 7 nitrogen and oxygen atoms in total. The van der Waals surface area contributed by atoms with Crippen LogP contribution in [0.15, 0.2) is 45.2 Å². The molecule has 0 spiro atoms. The third-order valence-corrected chi connectivity index (χ3v) is 7.92. The predicted octanol–water partition coefficient (Wildman–Crippen LogP) is 4.18. The lowest BCUT2D eigenvalue weighted by atomic mass is 9.78. The summed E-state index contributed by atoms with van der Waals surface area (Å²) in [5.74, 6) is 0.920. The first kappa shape index (κ1) is 26.5. The molecule has 2 aliphatic carbocycles. The minimum atomic E-state index is -0.163. The third-order valence-electron chi connectivity index (χ3n) is 7.56. The lowest BCUT2D eigenvalue weighted by molar-refractivity contribution is 0.0593. The van der Waals surface area contributed by atoms with Crippen LogP contribution in [0.3, 0.4) is 0 Å². The van der Waals surface area contributed by atoms with Gasteiger partial charge in [0, 0.05) is 31.1 Å². The van der Waals surface area contributed by atoms with Gasteiger partial charge in [0.1, 0.15) is 12.0 Å². The van der Waals surface area contributed by atoms with Gasteiger partial charge < -0.3 is 15.4 Å². The zero-order valence-electron chi connectivity index (χ0n) is 21.2. The van der Waals surface area contributed by atoms with E-state index in [9.17, 15) is 4.39 Å². The van der Waals surface area contributed by atoms with Gasteiger partial charge in [-0.25, -0.2) is 9.87 Å². The van der Waals surface area contributed by atoms with E-state index >= 15 is 0 Å². The maximum Gasteiger partial charge on any atom is 0.210 e. The summed E-state index contributed by atoms with van der Waals surface area (Å²) in [5, 5.41) is 15.3. The molecule has 4 atom stereocenters. The fourth-order valence-electron chi connectivity index (χ4n) is 5.79. The Balaban J connectivity index is 1.59. The van der Waals surface area contributed by atoms with Crippen molar-refractivity contribution < 1.29 is 14.0 Å². The molecule has 5 N–H and O–H groups in total. The van der Waals surface area contributed by atoms with E-state index in [2.05, 4.69) is 39.7 Å². The molecule has 4 rings (SSSR count). The topological polar surface area (TPSA) is 78.6 Å². The summed E-state index contributed by atoms with van der Waals surface area (Å²) in [6.07, 6.45) is 10.1. The normalized spacial score (nSPS) is 30.3. The molecule has 0 amide bonds. The molecule has 2 aliphatic heterocycles. The number of ether oxygens (including phenoxy) is 1. The van der Waals surface area contributed by atoms with Crippen LogP contribution in [0.2, 0.25) is 0 Å². The van der Waals surface area contributed by atoms with Crippen LogP contribution < -0.4 is 26.7 Å². The molecule has 0 aromatic rings. The Morgan fingerprint density at radius 1 is 1.23 bits per heavy atom. The van der Waals surface area contributed by atoms with Crippen molar-refractivity contribution in [1.29, 1.82) is 0 Å². The molecule has 0 aromatic carbocycles. The largest absolute Gasteiger partial charge is 0.481 e. The van der Waals surface area contributed by atoms with Gasteiger partial charge in [-0.3, -0.25) is 15.5 Å². The summed E-state index contributed by atoms with van der Waals surface area (Å²) in [6.45, 7) is 4.10. The molecule has 1 unspecified atom stereocenters. The third kappa shape index (κ3) is 6.41. The van der Waals surface area contributed by atoms with E-state index in [1.807, 2.05) is 0 Å². The molecule has 9 heteroatoms. The van der Waals surface area contributed by atoms with Crippen LogP contribution in [0.5, 0.6) is 0 Å². The molecule has 0 saturated heterocycles. The summed E-state index contributed by atoms with van der Waals surface area (Å²) >= 11 is 6.21. The molecular formula is C26H41ClFN5O2. The molecule has 4 aliphatic rings. The lowest BCUT2D eigenvalue weighted by Crippen LogP contribution is -2.62. The van der Waals surface area contributed by atoms with Gasteiger partial charge in [-0.15, -0.1) is 0 Å². The zero-order valence-corrected chi connectivity index (χ0v) is 22.0. The van der Waals surface area contributed by atoms with Gasteiger partial charge in [0.15, 0.2) is 0 Å². The van der Waals surface area contributed by atoms with Gasteiger partial charge in [-0.1, -0.05) is 31.0 Å². The van der Waals surface area contributed by atoms with Gasteiger partial charge in [0.25, 0.3) is 0 Å². The highest BCUT2D eigenvalue weighted by Crippen LogP contribution is 2.39. The Morgan fingerprint density at radius 2 is 2.09 bits per heavy atom. The van der Waals surface area contributed by atoms with Crippen molar-refractivity contribution in [3.8, 4) is 0 Å². The number of hydrogen-bond acceptors (Lipinski definition) is 7. The van der Waals surface area contributed by atoms with Crippen LogP contribution in [-0.4, -0.2) is 45.7 Å². The Bertz CT molecular complexity index is 887. The number of methoxy groups -OCH3 is 1. The second-order valence-corrected chi connectivity index (χ2v) is 10.4. The fraction of sp³-hybridized carbons (Fsp3) is 0.692. The maximum atomic E-state index is 13.9. The number of halogens is 2. The highest BCUT2D eigenvalue weighted by atomic mass is 35.5. The van der Waals surface area contributed by atoms with Crippen LogP contribution in [-0.2, 0) is 9.57 Å². The number of hydrogen-bond donors (Lipinski definition) is 5. The summed E-state index contributed by atoms with van der Waals surface area (Å²) in [7, 11) is 3.30. The van der Waals surface area contributed by atoms with Gasteiger partial charge in [-0.05, 0) is 67.7 Å². The first-order valence-electron chi connectivity index (χ1n) is 13.0. The molecular weight excluding hydrogens is 469 g/mol. The second-order valence-electron chi connectivity index (χ2n) is 9.90. The Morgan fingerprint density at radius 3 is 2.77 bits per heavy atom. The summed E-state index contributed by atoms with van der Waals surface area (Å²) < 4.78 is 19.6. The average molecular weight is 510 g/mol. The van der Waals surface area contributed by atoms with E-state index in [-0.39, 0.29) is 24.2 Å². The quantitative estimate of drug-likeness (QED) is 0.181. The first-order chi connectivity index (χ1) is 17.0. The zero-order chi connectivity index (χ0) is 24.8. The number of allylic oxidation sites excluding steroid dienone is 3. The van der Waals surface area contributed by atoms with Gasteiger partial charge in [-0.2, -0.15) is 0 Å². The summed E-state index contributed by atoms with van der Waals surface area (Å²) in [6, 6.07) is 0.140. The minimum absolute atomic E-state index is 0.00163. The van der Waals surface area contributed by atoms with Gasteiger partial charge in [0.05, 0.1) is 25.4 Å². The van der Waals surface area contributed by atoms with Crippen molar-refractivity contribution in [3.63, 3.8) is 0 Å². The maximum absolute atomic E-state index is 13.9. The van der Waals surface area contributed by atoms with E-state index in [0.29, 0.717) is 23.8 Å². The van der Waals surface area contributed by atoms with Gasteiger partial charge in [0.2, 0.25) is 5.88 Å². The molecule has 0 aromatic heterocycles. The highest BCUT2D eigenvalue weighted by Gasteiger charge is 2.37.